The molecule has 0 saturated carbocycles. The van der Waals surface area contributed by atoms with Crippen LogP contribution in [0, 0.1) is 10.1 Å². The van der Waals surface area contributed by atoms with Gasteiger partial charge in [0.05, 0.1) is 0 Å². The molecule has 0 aliphatic heterocycles. The van der Waals surface area contributed by atoms with Crippen LogP contribution in [-0.4, -0.2) is 11.1 Å². The second-order valence-electron chi connectivity index (χ2n) is 2.38. The van der Waals surface area contributed by atoms with E-state index in [-0.39, 0.29) is 0 Å². The Bertz CT molecular complexity index is 358. The van der Waals surface area contributed by atoms with Gasteiger partial charge in [-0.2, -0.15) is 0 Å². The van der Waals surface area contributed by atoms with Crippen LogP contribution < -0.4 is 0 Å². The summed E-state index contributed by atoms with van der Waals surface area (Å²) < 4.78 is 0. The molecule has 0 unspecified atom stereocenters. The van der Waals surface area contributed by atoms with Gasteiger partial charge in [-0.15, -0.1) is 10.1 Å². The fourth-order valence-electron chi connectivity index (χ4n) is 0.832. The predicted molar refractivity (Wildman–Crippen MR) is 48.6 cm³/mol. The third kappa shape index (κ3) is 3.48. The van der Waals surface area contributed by atoms with Crippen LogP contribution in [0.5, 0.6) is 0 Å². The first-order chi connectivity index (χ1) is 6.68. The minimum Gasteiger partial charge on any atom is -0.263 e. The Hall–Kier alpha value is -2.17. The quantitative estimate of drug-likeness (QED) is 0.413. The van der Waals surface area contributed by atoms with Crippen molar-refractivity contribution in [3.8, 4) is 0 Å². The SMILES string of the molecule is O=C(/C=C/c1ccccc1)O[N+](=O)[O-]. The van der Waals surface area contributed by atoms with E-state index in [2.05, 4.69) is 4.84 Å². The van der Waals surface area contributed by atoms with E-state index >= 15 is 0 Å². The molecule has 0 aliphatic carbocycles. The van der Waals surface area contributed by atoms with Crippen LogP contribution in [-0.2, 0) is 9.63 Å². The van der Waals surface area contributed by atoms with Crippen LogP contribution in [0.4, 0.5) is 0 Å². The van der Waals surface area contributed by atoms with Gasteiger partial charge in [-0.05, 0) is 11.6 Å². The van der Waals surface area contributed by atoms with Gasteiger partial charge >= 0.3 is 11.1 Å². The fourth-order valence-corrected chi connectivity index (χ4v) is 0.832. The van der Waals surface area contributed by atoms with Gasteiger partial charge in [0, 0.05) is 6.08 Å². The molecule has 1 aromatic rings. The summed E-state index contributed by atoms with van der Waals surface area (Å²) >= 11 is 0. The first-order valence-electron chi connectivity index (χ1n) is 3.78. The molecule has 0 bridgehead atoms. The third-order valence-electron chi connectivity index (χ3n) is 1.38. The number of hydrogen-bond acceptors (Lipinski definition) is 4. The van der Waals surface area contributed by atoms with E-state index in [0.717, 1.165) is 11.6 Å². The Balaban J connectivity index is 2.56. The van der Waals surface area contributed by atoms with Gasteiger partial charge in [-0.3, -0.25) is 4.79 Å². The van der Waals surface area contributed by atoms with E-state index in [0.29, 0.717) is 0 Å². The highest BCUT2D eigenvalue weighted by molar-refractivity contribution is 5.86. The van der Waals surface area contributed by atoms with E-state index in [1.165, 1.54) is 6.08 Å². The summed E-state index contributed by atoms with van der Waals surface area (Å²) in [5.41, 5.74) is 0.771. The first kappa shape index (κ1) is 9.91. The molecule has 0 radical (unpaired) electrons. The molecular weight excluding hydrogens is 186 g/mol. The van der Waals surface area contributed by atoms with Crippen LogP contribution in [0.15, 0.2) is 36.4 Å². The van der Waals surface area contributed by atoms with Crippen molar-refractivity contribution in [3.63, 3.8) is 0 Å². The van der Waals surface area contributed by atoms with Crippen LogP contribution in [0.2, 0.25) is 0 Å². The summed E-state index contributed by atoms with van der Waals surface area (Å²) in [6, 6.07) is 8.93. The Labute approximate surface area is 79.7 Å². The summed E-state index contributed by atoms with van der Waals surface area (Å²) in [6.45, 7) is 0. The summed E-state index contributed by atoms with van der Waals surface area (Å²) in [4.78, 5) is 24.1. The van der Waals surface area contributed by atoms with Gasteiger partial charge in [-0.25, -0.2) is 4.84 Å². The van der Waals surface area contributed by atoms with Crippen LogP contribution in [0.25, 0.3) is 6.08 Å². The van der Waals surface area contributed by atoms with Gasteiger partial charge in [0.25, 0.3) is 0 Å². The van der Waals surface area contributed by atoms with E-state index in [1.807, 2.05) is 6.07 Å². The van der Waals surface area contributed by atoms with E-state index < -0.39 is 11.1 Å². The smallest absolute Gasteiger partial charge is 0.263 e. The molecular formula is C9H7NO4. The normalized spacial score (nSPS) is 10.0. The molecule has 0 aromatic heterocycles. The lowest BCUT2D eigenvalue weighted by molar-refractivity contribution is -0.728. The van der Waals surface area contributed by atoms with Gasteiger partial charge < -0.3 is 0 Å². The molecule has 0 heterocycles. The third-order valence-corrected chi connectivity index (χ3v) is 1.38. The number of hydrogen-bond donors (Lipinski definition) is 0. The second kappa shape index (κ2) is 4.76. The summed E-state index contributed by atoms with van der Waals surface area (Å²) in [6.07, 6.45) is 2.43. The van der Waals surface area contributed by atoms with Crippen molar-refractivity contribution < 1.29 is 14.7 Å². The fraction of sp³-hybridized carbons (Fsp3) is 0. The summed E-state index contributed by atoms with van der Waals surface area (Å²) in [5.74, 6) is -1.00. The first-order valence-corrected chi connectivity index (χ1v) is 3.78. The van der Waals surface area contributed by atoms with Crippen molar-refractivity contribution in [3.05, 3.63) is 52.1 Å². The van der Waals surface area contributed by atoms with E-state index in [1.54, 1.807) is 24.3 Å². The Morgan fingerprint density at radius 3 is 2.57 bits per heavy atom. The van der Waals surface area contributed by atoms with Gasteiger partial charge in [0.15, 0.2) is 0 Å². The highest BCUT2D eigenvalue weighted by Gasteiger charge is 2.01. The molecule has 1 aromatic carbocycles. The highest BCUT2D eigenvalue weighted by atomic mass is 17.0. The Kier molecular flexibility index (Phi) is 3.37. The van der Waals surface area contributed by atoms with Crippen molar-refractivity contribution in [2.24, 2.45) is 0 Å². The molecule has 0 fully saturated rings. The molecule has 0 atom stereocenters. The average molecular weight is 193 g/mol. The monoisotopic (exact) mass is 193 g/mol. The zero-order valence-electron chi connectivity index (χ0n) is 7.12. The molecule has 14 heavy (non-hydrogen) atoms. The second-order valence-corrected chi connectivity index (χ2v) is 2.38. The standard InChI is InChI=1S/C9H7NO4/c11-9(14-10(12)13)7-6-8-4-2-1-3-5-8/h1-7H/b7-6+. The zero-order valence-corrected chi connectivity index (χ0v) is 7.12. The van der Waals surface area contributed by atoms with Crippen molar-refractivity contribution in [2.45, 2.75) is 0 Å². The Morgan fingerprint density at radius 2 is 2.00 bits per heavy atom. The maximum atomic E-state index is 10.7. The largest absolute Gasteiger partial charge is 0.327 e. The van der Waals surface area contributed by atoms with Gasteiger partial charge in [0.2, 0.25) is 0 Å². The summed E-state index contributed by atoms with van der Waals surface area (Å²) in [7, 11) is 0. The lowest BCUT2D eigenvalue weighted by Gasteiger charge is -1.91. The molecule has 5 nitrogen and oxygen atoms in total. The number of carbonyl (C=O) groups is 1. The maximum absolute atomic E-state index is 10.7. The summed E-state index contributed by atoms with van der Waals surface area (Å²) in [5, 5.41) is 8.61. The number of benzene rings is 1. The molecule has 1 rings (SSSR count). The molecule has 0 spiro atoms. The number of rotatable bonds is 3. The molecule has 72 valence electrons. The van der Waals surface area contributed by atoms with Crippen LogP contribution in [0.3, 0.4) is 0 Å². The molecule has 0 aliphatic rings. The molecule has 0 amide bonds. The van der Waals surface area contributed by atoms with Crippen molar-refractivity contribution in [1.82, 2.24) is 0 Å². The maximum Gasteiger partial charge on any atom is 0.327 e. The lowest BCUT2D eigenvalue weighted by Crippen LogP contribution is -2.06. The zero-order chi connectivity index (χ0) is 10.4. The molecule has 5 heteroatoms. The van der Waals surface area contributed by atoms with Crippen molar-refractivity contribution in [2.75, 3.05) is 0 Å². The average Bonchev–Trinajstić information content (AvgIpc) is 2.15. The van der Waals surface area contributed by atoms with E-state index in [9.17, 15) is 14.9 Å². The number of carbonyl (C=O) groups excluding carboxylic acids is 1. The number of nitrogens with zero attached hydrogens (tertiary/aromatic N) is 1. The van der Waals surface area contributed by atoms with E-state index in [4.69, 9.17) is 0 Å². The van der Waals surface area contributed by atoms with Crippen LogP contribution in [0.1, 0.15) is 5.56 Å². The van der Waals surface area contributed by atoms with Gasteiger partial charge in [0.1, 0.15) is 0 Å². The minimum atomic E-state index is -1.14. The molecule has 0 saturated heterocycles. The van der Waals surface area contributed by atoms with Gasteiger partial charge in [-0.1, -0.05) is 30.3 Å². The predicted octanol–water partition coefficient (Wildman–Crippen LogP) is 1.43. The van der Waals surface area contributed by atoms with Crippen molar-refractivity contribution in [1.29, 1.82) is 0 Å². The van der Waals surface area contributed by atoms with Crippen molar-refractivity contribution >= 4 is 12.0 Å². The minimum absolute atomic E-state index is 0.771. The topological polar surface area (TPSA) is 69.4 Å². The Morgan fingerprint density at radius 1 is 1.36 bits per heavy atom. The molecule has 0 N–H and O–H groups in total. The highest BCUT2D eigenvalue weighted by Crippen LogP contribution is 2.00. The van der Waals surface area contributed by atoms with Crippen LogP contribution >= 0.6 is 0 Å². The lowest BCUT2D eigenvalue weighted by atomic mass is 10.2.